The summed E-state index contributed by atoms with van der Waals surface area (Å²) in [5.41, 5.74) is 0.545. The van der Waals surface area contributed by atoms with Gasteiger partial charge in [0.05, 0.1) is 12.7 Å². The third-order valence-corrected chi connectivity index (χ3v) is 2.59. The fraction of sp³-hybridized carbons (Fsp3) is 0.462. The second-order valence-electron chi connectivity index (χ2n) is 4.09. The van der Waals surface area contributed by atoms with Crippen LogP contribution in [0, 0.1) is 0 Å². The standard InChI is InChI=1S/C13H18ClNO2/c1-9(14)8-10(2)15-13(16)11-6-4-5-7-12(11)17-3/h4-7,9-10H,8H2,1-3H3,(H,15,16). The van der Waals surface area contributed by atoms with Crippen LogP contribution in [-0.2, 0) is 0 Å². The number of hydrogen-bond donors (Lipinski definition) is 1. The van der Waals surface area contributed by atoms with Gasteiger partial charge in [0.15, 0.2) is 0 Å². The highest BCUT2D eigenvalue weighted by atomic mass is 35.5. The van der Waals surface area contributed by atoms with E-state index in [-0.39, 0.29) is 17.3 Å². The molecule has 1 aromatic carbocycles. The highest BCUT2D eigenvalue weighted by Gasteiger charge is 2.14. The van der Waals surface area contributed by atoms with Crippen molar-refractivity contribution in [3.63, 3.8) is 0 Å². The Bertz CT molecular complexity index is 379. The lowest BCUT2D eigenvalue weighted by Gasteiger charge is -2.16. The first-order chi connectivity index (χ1) is 8.04. The van der Waals surface area contributed by atoms with E-state index < -0.39 is 0 Å². The van der Waals surface area contributed by atoms with Gasteiger partial charge in [-0.2, -0.15) is 0 Å². The van der Waals surface area contributed by atoms with Crippen molar-refractivity contribution < 1.29 is 9.53 Å². The Hall–Kier alpha value is -1.22. The number of alkyl halides is 1. The van der Waals surface area contributed by atoms with Gasteiger partial charge >= 0.3 is 0 Å². The summed E-state index contributed by atoms with van der Waals surface area (Å²) in [6, 6.07) is 7.20. The Morgan fingerprint density at radius 3 is 2.65 bits per heavy atom. The highest BCUT2D eigenvalue weighted by molar-refractivity contribution is 6.20. The molecule has 0 radical (unpaired) electrons. The molecule has 0 bridgehead atoms. The molecule has 0 aliphatic rings. The molecule has 1 aromatic rings. The molecule has 1 rings (SSSR count). The van der Waals surface area contributed by atoms with E-state index in [1.165, 1.54) is 0 Å². The lowest BCUT2D eigenvalue weighted by Crippen LogP contribution is -2.34. The quantitative estimate of drug-likeness (QED) is 0.822. The number of carbonyl (C=O) groups excluding carboxylic acids is 1. The molecule has 1 N–H and O–H groups in total. The van der Waals surface area contributed by atoms with E-state index in [1.54, 1.807) is 19.2 Å². The maximum atomic E-state index is 12.0. The number of hydrogen-bond acceptors (Lipinski definition) is 2. The predicted octanol–water partition coefficient (Wildman–Crippen LogP) is 2.83. The molecule has 0 fully saturated rings. The third-order valence-electron chi connectivity index (χ3n) is 2.41. The van der Waals surface area contributed by atoms with Crippen molar-refractivity contribution in [2.24, 2.45) is 0 Å². The zero-order valence-electron chi connectivity index (χ0n) is 10.4. The van der Waals surface area contributed by atoms with Crippen LogP contribution < -0.4 is 10.1 Å². The van der Waals surface area contributed by atoms with Gasteiger partial charge in [-0.15, -0.1) is 11.6 Å². The van der Waals surface area contributed by atoms with E-state index in [4.69, 9.17) is 16.3 Å². The van der Waals surface area contributed by atoms with E-state index >= 15 is 0 Å². The molecule has 0 aliphatic heterocycles. The van der Waals surface area contributed by atoms with Gasteiger partial charge in [-0.05, 0) is 32.4 Å². The van der Waals surface area contributed by atoms with Crippen LogP contribution in [0.4, 0.5) is 0 Å². The van der Waals surface area contributed by atoms with Gasteiger partial charge in [-0.1, -0.05) is 12.1 Å². The number of halogens is 1. The molecule has 0 aromatic heterocycles. The summed E-state index contributed by atoms with van der Waals surface area (Å²) in [5.74, 6) is 0.448. The first-order valence-electron chi connectivity index (χ1n) is 5.62. The van der Waals surface area contributed by atoms with Crippen molar-refractivity contribution in [1.29, 1.82) is 0 Å². The minimum atomic E-state index is -0.132. The molecular weight excluding hydrogens is 238 g/mol. The van der Waals surface area contributed by atoms with E-state index in [0.29, 0.717) is 11.3 Å². The van der Waals surface area contributed by atoms with Crippen molar-refractivity contribution in [3.8, 4) is 5.75 Å². The Morgan fingerprint density at radius 2 is 2.06 bits per heavy atom. The number of para-hydroxylation sites is 1. The van der Waals surface area contributed by atoms with Crippen molar-refractivity contribution in [3.05, 3.63) is 29.8 Å². The smallest absolute Gasteiger partial charge is 0.255 e. The van der Waals surface area contributed by atoms with Gasteiger partial charge in [0.2, 0.25) is 0 Å². The molecular formula is C13H18ClNO2. The van der Waals surface area contributed by atoms with Gasteiger partial charge in [0, 0.05) is 11.4 Å². The van der Waals surface area contributed by atoms with Crippen LogP contribution in [0.1, 0.15) is 30.6 Å². The molecule has 0 aliphatic carbocycles. The van der Waals surface area contributed by atoms with E-state index in [2.05, 4.69) is 5.32 Å². The van der Waals surface area contributed by atoms with Crippen molar-refractivity contribution in [2.75, 3.05) is 7.11 Å². The molecule has 2 atom stereocenters. The molecule has 4 heteroatoms. The van der Waals surface area contributed by atoms with Crippen molar-refractivity contribution in [1.82, 2.24) is 5.32 Å². The Kier molecular flexibility index (Phi) is 5.29. The summed E-state index contributed by atoms with van der Waals surface area (Å²) in [4.78, 5) is 12.0. The summed E-state index contributed by atoms with van der Waals surface area (Å²) in [6.45, 7) is 3.85. The Labute approximate surface area is 107 Å². The molecule has 0 heterocycles. The van der Waals surface area contributed by atoms with Crippen molar-refractivity contribution >= 4 is 17.5 Å². The van der Waals surface area contributed by atoms with Crippen molar-refractivity contribution in [2.45, 2.75) is 31.7 Å². The third kappa shape index (κ3) is 4.27. The number of carbonyl (C=O) groups is 1. The molecule has 3 nitrogen and oxygen atoms in total. The van der Waals surface area contributed by atoms with E-state index in [9.17, 15) is 4.79 Å². The Balaban J connectivity index is 2.69. The monoisotopic (exact) mass is 255 g/mol. The lowest BCUT2D eigenvalue weighted by molar-refractivity contribution is 0.0935. The number of methoxy groups -OCH3 is 1. The van der Waals surface area contributed by atoms with E-state index in [0.717, 1.165) is 6.42 Å². The minimum Gasteiger partial charge on any atom is -0.496 e. The van der Waals surface area contributed by atoms with Crippen LogP contribution in [0.15, 0.2) is 24.3 Å². The average Bonchev–Trinajstić information content (AvgIpc) is 2.27. The average molecular weight is 256 g/mol. The number of benzene rings is 1. The zero-order valence-corrected chi connectivity index (χ0v) is 11.1. The summed E-state index contributed by atoms with van der Waals surface area (Å²) in [6.07, 6.45) is 0.739. The van der Waals surface area contributed by atoms with Crippen LogP contribution in [0.25, 0.3) is 0 Å². The maximum Gasteiger partial charge on any atom is 0.255 e. The zero-order chi connectivity index (χ0) is 12.8. The fourth-order valence-corrected chi connectivity index (χ4v) is 1.95. The first-order valence-corrected chi connectivity index (χ1v) is 6.06. The Morgan fingerprint density at radius 1 is 1.41 bits per heavy atom. The van der Waals surface area contributed by atoms with E-state index in [1.807, 2.05) is 26.0 Å². The summed E-state index contributed by atoms with van der Waals surface area (Å²) in [7, 11) is 1.55. The SMILES string of the molecule is COc1ccccc1C(=O)NC(C)CC(C)Cl. The largest absolute Gasteiger partial charge is 0.496 e. The van der Waals surface area contributed by atoms with Crippen LogP contribution in [0.5, 0.6) is 5.75 Å². The topological polar surface area (TPSA) is 38.3 Å². The number of ether oxygens (including phenoxy) is 1. The predicted molar refractivity (Wildman–Crippen MR) is 69.9 cm³/mol. The number of nitrogens with one attached hydrogen (secondary N) is 1. The molecule has 1 amide bonds. The summed E-state index contributed by atoms with van der Waals surface area (Å²) >= 11 is 5.88. The van der Waals surface area contributed by atoms with Gasteiger partial charge in [0.25, 0.3) is 5.91 Å². The van der Waals surface area contributed by atoms with Gasteiger partial charge in [0.1, 0.15) is 5.75 Å². The summed E-state index contributed by atoms with van der Waals surface area (Å²) in [5, 5.41) is 2.94. The molecule has 94 valence electrons. The highest BCUT2D eigenvalue weighted by Crippen LogP contribution is 2.17. The van der Waals surface area contributed by atoms with Gasteiger partial charge in [-0.25, -0.2) is 0 Å². The minimum absolute atomic E-state index is 0.0416. The van der Waals surface area contributed by atoms with Crippen LogP contribution in [0.3, 0.4) is 0 Å². The molecule has 0 saturated carbocycles. The maximum absolute atomic E-state index is 12.0. The second kappa shape index (κ2) is 6.50. The number of amides is 1. The molecule has 0 spiro atoms. The fourth-order valence-electron chi connectivity index (χ4n) is 1.68. The van der Waals surface area contributed by atoms with Gasteiger partial charge < -0.3 is 10.1 Å². The van der Waals surface area contributed by atoms with Crippen LogP contribution >= 0.6 is 11.6 Å². The normalized spacial score (nSPS) is 13.9. The van der Waals surface area contributed by atoms with Gasteiger partial charge in [-0.3, -0.25) is 4.79 Å². The second-order valence-corrected chi connectivity index (χ2v) is 4.84. The van der Waals surface area contributed by atoms with Crippen LogP contribution in [0.2, 0.25) is 0 Å². The van der Waals surface area contributed by atoms with Crippen LogP contribution in [-0.4, -0.2) is 24.4 Å². The molecule has 2 unspecified atom stereocenters. The number of rotatable bonds is 5. The summed E-state index contributed by atoms with van der Waals surface area (Å²) < 4.78 is 5.14. The molecule has 17 heavy (non-hydrogen) atoms. The lowest BCUT2D eigenvalue weighted by atomic mass is 10.1. The first kappa shape index (κ1) is 13.8. The molecule has 0 saturated heterocycles.